The normalized spacial score (nSPS) is 23.1. The maximum atomic E-state index is 12.1. The molecular weight excluding hydrogens is 292 g/mol. The highest BCUT2D eigenvalue weighted by Gasteiger charge is 2.33. The van der Waals surface area contributed by atoms with Crippen LogP contribution in [0.4, 0.5) is 0 Å². The highest BCUT2D eigenvalue weighted by molar-refractivity contribution is 5.91. The molecular formula is C18H20N2O3. The second kappa shape index (κ2) is 6.07. The summed E-state index contributed by atoms with van der Waals surface area (Å²) >= 11 is 0. The maximum absolute atomic E-state index is 12.1. The Kier molecular flexibility index (Phi) is 3.77. The standard InChI is InChI=1S/C18H20N2O3/c21-18(17-10-16(20-23-17)13-6-7-13)19-14-8-12(9-14)11-22-15-4-2-1-3-5-15/h1-5,10,12-14H,6-9,11H2,(H,19,21). The molecule has 2 aliphatic rings. The molecule has 0 unspecified atom stereocenters. The first-order valence-corrected chi connectivity index (χ1v) is 8.23. The van der Waals surface area contributed by atoms with Crippen molar-refractivity contribution in [2.24, 2.45) is 5.92 Å². The molecule has 2 saturated carbocycles. The van der Waals surface area contributed by atoms with Gasteiger partial charge >= 0.3 is 0 Å². The van der Waals surface area contributed by atoms with E-state index in [1.807, 2.05) is 30.3 Å². The van der Waals surface area contributed by atoms with Gasteiger partial charge in [0.05, 0.1) is 12.3 Å². The predicted molar refractivity (Wildman–Crippen MR) is 84.4 cm³/mol. The molecule has 2 fully saturated rings. The van der Waals surface area contributed by atoms with E-state index in [0.717, 1.165) is 37.1 Å². The molecule has 1 aromatic carbocycles. The fraction of sp³-hybridized carbons (Fsp3) is 0.444. The molecule has 0 atom stereocenters. The van der Waals surface area contributed by atoms with Gasteiger partial charge in [-0.1, -0.05) is 23.4 Å². The molecule has 0 bridgehead atoms. The number of benzene rings is 1. The van der Waals surface area contributed by atoms with E-state index >= 15 is 0 Å². The van der Waals surface area contributed by atoms with Crippen LogP contribution in [0.2, 0.25) is 0 Å². The molecule has 1 heterocycles. The third kappa shape index (κ3) is 3.38. The second-order valence-corrected chi connectivity index (χ2v) is 6.52. The zero-order chi connectivity index (χ0) is 15.6. The molecule has 1 amide bonds. The van der Waals surface area contributed by atoms with E-state index in [9.17, 15) is 4.79 Å². The number of carbonyl (C=O) groups is 1. The SMILES string of the molecule is O=C(NC1CC(COc2ccccc2)C1)c1cc(C2CC2)no1. The molecule has 4 rings (SSSR count). The molecule has 120 valence electrons. The Morgan fingerprint density at radius 2 is 2.04 bits per heavy atom. The summed E-state index contributed by atoms with van der Waals surface area (Å²) < 4.78 is 10.9. The van der Waals surface area contributed by atoms with Gasteiger partial charge in [0.1, 0.15) is 5.75 Å². The summed E-state index contributed by atoms with van der Waals surface area (Å²) in [6, 6.07) is 11.8. The molecule has 5 heteroatoms. The van der Waals surface area contributed by atoms with Gasteiger partial charge in [0, 0.05) is 18.0 Å². The summed E-state index contributed by atoms with van der Waals surface area (Å²) in [5.74, 6) is 2.07. The molecule has 5 nitrogen and oxygen atoms in total. The number of ether oxygens (including phenoxy) is 1. The van der Waals surface area contributed by atoms with Crippen LogP contribution in [0.3, 0.4) is 0 Å². The lowest BCUT2D eigenvalue weighted by Crippen LogP contribution is -2.45. The van der Waals surface area contributed by atoms with Crippen molar-refractivity contribution in [3.05, 3.63) is 47.9 Å². The van der Waals surface area contributed by atoms with E-state index < -0.39 is 0 Å². The van der Waals surface area contributed by atoms with Crippen LogP contribution in [-0.2, 0) is 0 Å². The van der Waals surface area contributed by atoms with Crippen LogP contribution >= 0.6 is 0 Å². The topological polar surface area (TPSA) is 64.4 Å². The lowest BCUT2D eigenvalue weighted by atomic mass is 9.81. The summed E-state index contributed by atoms with van der Waals surface area (Å²) in [5, 5.41) is 6.98. The third-order valence-electron chi connectivity index (χ3n) is 4.55. The van der Waals surface area contributed by atoms with Crippen LogP contribution in [0.15, 0.2) is 40.9 Å². The van der Waals surface area contributed by atoms with Gasteiger partial charge in [0.2, 0.25) is 5.76 Å². The Balaban J connectivity index is 1.20. The van der Waals surface area contributed by atoms with Crippen LogP contribution in [0.25, 0.3) is 0 Å². The summed E-state index contributed by atoms with van der Waals surface area (Å²) in [5.41, 5.74) is 0.915. The van der Waals surface area contributed by atoms with E-state index in [1.54, 1.807) is 6.07 Å². The van der Waals surface area contributed by atoms with Crippen molar-refractivity contribution in [2.45, 2.75) is 37.6 Å². The van der Waals surface area contributed by atoms with Crippen molar-refractivity contribution < 1.29 is 14.1 Å². The van der Waals surface area contributed by atoms with E-state index in [2.05, 4.69) is 10.5 Å². The number of nitrogens with zero attached hydrogens (tertiary/aromatic N) is 1. The smallest absolute Gasteiger partial charge is 0.290 e. The number of para-hydroxylation sites is 1. The van der Waals surface area contributed by atoms with Crippen molar-refractivity contribution in [1.82, 2.24) is 10.5 Å². The van der Waals surface area contributed by atoms with E-state index in [4.69, 9.17) is 9.26 Å². The van der Waals surface area contributed by atoms with Crippen molar-refractivity contribution in [2.75, 3.05) is 6.61 Å². The zero-order valence-electron chi connectivity index (χ0n) is 12.9. The van der Waals surface area contributed by atoms with Crippen LogP contribution in [0.1, 0.15) is 47.8 Å². The van der Waals surface area contributed by atoms with E-state index in [-0.39, 0.29) is 11.9 Å². The molecule has 0 radical (unpaired) electrons. The van der Waals surface area contributed by atoms with Gasteiger partial charge < -0.3 is 14.6 Å². The number of nitrogens with one attached hydrogen (secondary N) is 1. The lowest BCUT2D eigenvalue weighted by Gasteiger charge is -2.35. The van der Waals surface area contributed by atoms with Gasteiger partial charge in [-0.25, -0.2) is 0 Å². The first kappa shape index (κ1) is 14.3. The summed E-state index contributed by atoms with van der Waals surface area (Å²) in [4.78, 5) is 12.1. The highest BCUT2D eigenvalue weighted by atomic mass is 16.5. The number of amides is 1. The largest absolute Gasteiger partial charge is 0.493 e. The quantitative estimate of drug-likeness (QED) is 0.890. The van der Waals surface area contributed by atoms with Crippen molar-refractivity contribution in [3.8, 4) is 5.75 Å². The molecule has 0 aliphatic heterocycles. The van der Waals surface area contributed by atoms with E-state index in [0.29, 0.717) is 24.2 Å². The first-order chi connectivity index (χ1) is 11.3. The maximum Gasteiger partial charge on any atom is 0.290 e. The molecule has 2 aromatic rings. The van der Waals surface area contributed by atoms with Crippen LogP contribution in [0.5, 0.6) is 5.75 Å². The average molecular weight is 312 g/mol. The van der Waals surface area contributed by atoms with Crippen molar-refractivity contribution >= 4 is 5.91 Å². The summed E-state index contributed by atoms with van der Waals surface area (Å²) in [7, 11) is 0. The number of hydrogen-bond acceptors (Lipinski definition) is 4. The fourth-order valence-electron chi connectivity index (χ4n) is 2.94. The average Bonchev–Trinajstić information content (AvgIpc) is 3.27. The Labute approximate surface area is 135 Å². The predicted octanol–water partition coefficient (Wildman–Crippen LogP) is 3.14. The van der Waals surface area contributed by atoms with Gasteiger partial charge in [-0.2, -0.15) is 0 Å². The second-order valence-electron chi connectivity index (χ2n) is 6.52. The first-order valence-electron chi connectivity index (χ1n) is 8.23. The van der Waals surface area contributed by atoms with Crippen LogP contribution in [0, 0.1) is 5.92 Å². The molecule has 0 spiro atoms. The fourth-order valence-corrected chi connectivity index (χ4v) is 2.94. The molecule has 23 heavy (non-hydrogen) atoms. The lowest BCUT2D eigenvalue weighted by molar-refractivity contribution is 0.0815. The van der Waals surface area contributed by atoms with Crippen LogP contribution < -0.4 is 10.1 Å². The minimum Gasteiger partial charge on any atom is -0.493 e. The molecule has 2 aliphatic carbocycles. The number of aromatic nitrogens is 1. The van der Waals surface area contributed by atoms with Gasteiger partial charge in [0.25, 0.3) is 5.91 Å². The number of hydrogen-bond donors (Lipinski definition) is 1. The minimum absolute atomic E-state index is 0.156. The number of carbonyl (C=O) groups excluding carboxylic acids is 1. The molecule has 0 saturated heterocycles. The van der Waals surface area contributed by atoms with Gasteiger partial charge in [0.15, 0.2) is 0 Å². The highest BCUT2D eigenvalue weighted by Crippen LogP contribution is 2.39. The molecule has 1 N–H and O–H groups in total. The molecule has 1 aromatic heterocycles. The van der Waals surface area contributed by atoms with Gasteiger partial charge in [-0.15, -0.1) is 0 Å². The van der Waals surface area contributed by atoms with Gasteiger partial charge in [-0.3, -0.25) is 4.79 Å². The monoisotopic (exact) mass is 312 g/mol. The summed E-state index contributed by atoms with van der Waals surface area (Å²) in [6.45, 7) is 0.699. The van der Waals surface area contributed by atoms with Crippen molar-refractivity contribution in [3.63, 3.8) is 0 Å². The van der Waals surface area contributed by atoms with E-state index in [1.165, 1.54) is 0 Å². The Bertz CT molecular complexity index is 673. The van der Waals surface area contributed by atoms with Gasteiger partial charge in [-0.05, 0) is 43.7 Å². The summed E-state index contributed by atoms with van der Waals surface area (Å²) in [6.07, 6.45) is 4.20. The third-order valence-corrected chi connectivity index (χ3v) is 4.55. The Morgan fingerprint density at radius 3 is 2.78 bits per heavy atom. The zero-order valence-corrected chi connectivity index (χ0v) is 12.9. The minimum atomic E-state index is -0.156. The Morgan fingerprint density at radius 1 is 1.26 bits per heavy atom. The van der Waals surface area contributed by atoms with Crippen molar-refractivity contribution in [1.29, 1.82) is 0 Å². The van der Waals surface area contributed by atoms with Crippen LogP contribution in [-0.4, -0.2) is 23.7 Å². The Hall–Kier alpha value is -2.30. The number of rotatable bonds is 6.